The zero-order valence-electron chi connectivity index (χ0n) is 11.3. The van der Waals surface area contributed by atoms with Crippen LogP contribution in [0.1, 0.15) is 15.9 Å². The number of anilines is 1. The first kappa shape index (κ1) is 13.2. The van der Waals surface area contributed by atoms with Crippen LogP contribution in [-0.2, 0) is 11.2 Å². The summed E-state index contributed by atoms with van der Waals surface area (Å²) in [5.41, 5.74) is 2.24. The van der Waals surface area contributed by atoms with Gasteiger partial charge in [0, 0.05) is 12.1 Å². The molecule has 0 saturated heterocycles. The first-order valence-electron chi connectivity index (χ1n) is 6.66. The minimum atomic E-state index is -0.252. The quantitative estimate of drug-likeness (QED) is 0.915. The molecule has 106 valence electrons. The van der Waals surface area contributed by atoms with Crippen LogP contribution >= 0.6 is 0 Å². The highest BCUT2D eigenvalue weighted by Crippen LogP contribution is 2.18. The largest absolute Gasteiger partial charge is 0.329 e. The molecular formula is C15H14N4O2. The molecule has 0 unspecified atom stereocenters. The van der Waals surface area contributed by atoms with Crippen molar-refractivity contribution in [2.45, 2.75) is 6.42 Å². The molecule has 2 heterocycles. The monoisotopic (exact) mass is 282 g/mol. The van der Waals surface area contributed by atoms with Crippen LogP contribution in [0.15, 0.2) is 43.0 Å². The van der Waals surface area contributed by atoms with Gasteiger partial charge in [-0.15, -0.1) is 0 Å². The molecule has 3 rings (SSSR count). The van der Waals surface area contributed by atoms with Crippen molar-refractivity contribution in [1.29, 1.82) is 0 Å². The van der Waals surface area contributed by atoms with Crippen molar-refractivity contribution >= 4 is 17.5 Å². The van der Waals surface area contributed by atoms with Crippen LogP contribution in [0.4, 0.5) is 5.69 Å². The lowest BCUT2D eigenvalue weighted by atomic mass is 9.99. The van der Waals surface area contributed by atoms with Crippen LogP contribution in [-0.4, -0.2) is 39.8 Å². The average molecular weight is 282 g/mol. The molecule has 0 radical (unpaired) electrons. The lowest BCUT2D eigenvalue weighted by Gasteiger charge is -2.27. The van der Waals surface area contributed by atoms with E-state index in [0.29, 0.717) is 17.8 Å². The Balaban J connectivity index is 1.66. The summed E-state index contributed by atoms with van der Waals surface area (Å²) in [4.78, 5) is 33.5. The number of fused-ring (bicyclic) bond motifs is 1. The fraction of sp³-hybridized carbons (Fsp3) is 0.200. The van der Waals surface area contributed by atoms with E-state index in [1.54, 1.807) is 11.0 Å². The summed E-state index contributed by atoms with van der Waals surface area (Å²) in [5, 5.41) is 2.68. The molecule has 0 bridgehead atoms. The average Bonchev–Trinajstić information content (AvgIpc) is 2.51. The van der Waals surface area contributed by atoms with Gasteiger partial charge < -0.3 is 10.2 Å². The molecule has 0 saturated carbocycles. The van der Waals surface area contributed by atoms with Crippen LogP contribution < -0.4 is 5.32 Å². The molecule has 0 spiro atoms. The van der Waals surface area contributed by atoms with Gasteiger partial charge in [-0.05, 0) is 18.1 Å². The minimum Gasteiger partial charge on any atom is -0.329 e. The highest BCUT2D eigenvalue weighted by atomic mass is 16.2. The van der Waals surface area contributed by atoms with E-state index in [1.165, 1.54) is 18.7 Å². The standard InChI is InChI=1S/C15H14N4O2/c20-14(18-12-7-16-10-17-8-12)9-19-6-5-11-3-1-2-4-13(11)15(19)21/h1-4,7-8,10H,5-6,9H2,(H,18,20). The van der Waals surface area contributed by atoms with Crippen LogP contribution in [0.25, 0.3) is 0 Å². The van der Waals surface area contributed by atoms with E-state index in [0.717, 1.165) is 12.0 Å². The van der Waals surface area contributed by atoms with Crippen molar-refractivity contribution in [3.63, 3.8) is 0 Å². The predicted molar refractivity (Wildman–Crippen MR) is 76.7 cm³/mol. The molecule has 0 atom stereocenters. The molecule has 1 aliphatic heterocycles. The second-order valence-electron chi connectivity index (χ2n) is 4.81. The summed E-state index contributed by atoms with van der Waals surface area (Å²) in [6.07, 6.45) is 5.18. The van der Waals surface area contributed by atoms with Gasteiger partial charge in [0.25, 0.3) is 5.91 Å². The zero-order chi connectivity index (χ0) is 14.7. The lowest BCUT2D eigenvalue weighted by Crippen LogP contribution is -2.42. The predicted octanol–water partition coefficient (Wildman–Crippen LogP) is 1.11. The number of benzene rings is 1. The van der Waals surface area contributed by atoms with E-state index in [1.807, 2.05) is 18.2 Å². The van der Waals surface area contributed by atoms with Gasteiger partial charge in [0.05, 0.1) is 18.1 Å². The summed E-state index contributed by atoms with van der Waals surface area (Å²) in [5.74, 6) is -0.353. The van der Waals surface area contributed by atoms with Crippen molar-refractivity contribution in [1.82, 2.24) is 14.9 Å². The molecule has 6 nitrogen and oxygen atoms in total. The molecule has 1 aliphatic rings. The third-order valence-corrected chi connectivity index (χ3v) is 3.36. The number of hydrogen-bond donors (Lipinski definition) is 1. The number of hydrogen-bond acceptors (Lipinski definition) is 4. The smallest absolute Gasteiger partial charge is 0.254 e. The fourth-order valence-electron chi connectivity index (χ4n) is 2.36. The molecule has 21 heavy (non-hydrogen) atoms. The molecule has 0 fully saturated rings. The highest BCUT2D eigenvalue weighted by molar-refractivity contribution is 6.00. The maximum absolute atomic E-state index is 12.3. The Morgan fingerprint density at radius 1 is 1.24 bits per heavy atom. The third kappa shape index (κ3) is 2.89. The van der Waals surface area contributed by atoms with Gasteiger partial charge in [0.2, 0.25) is 5.91 Å². The van der Waals surface area contributed by atoms with Crippen molar-refractivity contribution in [3.8, 4) is 0 Å². The fourth-order valence-corrected chi connectivity index (χ4v) is 2.36. The van der Waals surface area contributed by atoms with Gasteiger partial charge in [0.15, 0.2) is 0 Å². The molecule has 2 amide bonds. The van der Waals surface area contributed by atoms with Crippen LogP contribution in [0, 0.1) is 0 Å². The Morgan fingerprint density at radius 2 is 2.00 bits per heavy atom. The molecule has 0 aliphatic carbocycles. The second kappa shape index (κ2) is 5.70. The van der Waals surface area contributed by atoms with Gasteiger partial charge in [0.1, 0.15) is 12.9 Å². The van der Waals surface area contributed by atoms with Crippen molar-refractivity contribution in [2.24, 2.45) is 0 Å². The van der Waals surface area contributed by atoms with E-state index >= 15 is 0 Å². The van der Waals surface area contributed by atoms with Crippen LogP contribution in [0.3, 0.4) is 0 Å². The molecule has 1 aromatic carbocycles. The van der Waals surface area contributed by atoms with Gasteiger partial charge in [-0.25, -0.2) is 9.97 Å². The minimum absolute atomic E-state index is 0.0298. The molecule has 1 aromatic heterocycles. The van der Waals surface area contributed by atoms with Crippen molar-refractivity contribution in [2.75, 3.05) is 18.4 Å². The highest BCUT2D eigenvalue weighted by Gasteiger charge is 2.25. The van der Waals surface area contributed by atoms with E-state index < -0.39 is 0 Å². The van der Waals surface area contributed by atoms with Gasteiger partial charge >= 0.3 is 0 Å². The van der Waals surface area contributed by atoms with E-state index in [4.69, 9.17) is 0 Å². The Bertz CT molecular complexity index is 672. The summed E-state index contributed by atoms with van der Waals surface area (Å²) >= 11 is 0. The Morgan fingerprint density at radius 3 is 2.81 bits per heavy atom. The van der Waals surface area contributed by atoms with Crippen molar-refractivity contribution in [3.05, 3.63) is 54.1 Å². The Kier molecular flexibility index (Phi) is 3.59. The summed E-state index contributed by atoms with van der Waals surface area (Å²) in [7, 11) is 0. The molecule has 2 aromatic rings. The van der Waals surface area contributed by atoms with Gasteiger partial charge in [-0.1, -0.05) is 18.2 Å². The maximum atomic E-state index is 12.3. The van der Waals surface area contributed by atoms with Gasteiger partial charge in [-0.3, -0.25) is 9.59 Å². The molecule has 6 heteroatoms. The first-order valence-corrected chi connectivity index (χ1v) is 6.66. The summed E-state index contributed by atoms with van der Waals surface area (Å²) in [6, 6.07) is 7.50. The maximum Gasteiger partial charge on any atom is 0.254 e. The summed E-state index contributed by atoms with van der Waals surface area (Å²) in [6.45, 7) is 0.580. The Hall–Kier alpha value is -2.76. The topological polar surface area (TPSA) is 75.2 Å². The normalized spacial score (nSPS) is 13.7. The number of carbonyl (C=O) groups is 2. The molecule has 1 N–H and O–H groups in total. The van der Waals surface area contributed by atoms with Gasteiger partial charge in [-0.2, -0.15) is 0 Å². The number of nitrogens with one attached hydrogen (secondary N) is 1. The van der Waals surface area contributed by atoms with E-state index in [-0.39, 0.29) is 18.4 Å². The summed E-state index contributed by atoms with van der Waals surface area (Å²) < 4.78 is 0. The lowest BCUT2D eigenvalue weighted by molar-refractivity contribution is -0.116. The molecular weight excluding hydrogens is 268 g/mol. The second-order valence-corrected chi connectivity index (χ2v) is 4.81. The third-order valence-electron chi connectivity index (χ3n) is 3.36. The first-order chi connectivity index (χ1) is 10.2. The van der Waals surface area contributed by atoms with Crippen molar-refractivity contribution < 1.29 is 9.59 Å². The SMILES string of the molecule is O=C(CN1CCc2ccccc2C1=O)Nc1cncnc1. The number of amides is 2. The van der Waals surface area contributed by atoms with E-state index in [2.05, 4.69) is 15.3 Å². The number of nitrogens with zero attached hydrogens (tertiary/aromatic N) is 3. The van der Waals surface area contributed by atoms with Crippen LogP contribution in [0.2, 0.25) is 0 Å². The van der Waals surface area contributed by atoms with Crippen LogP contribution in [0.5, 0.6) is 0 Å². The van der Waals surface area contributed by atoms with E-state index in [9.17, 15) is 9.59 Å². The Labute approximate surface area is 121 Å². The zero-order valence-corrected chi connectivity index (χ0v) is 11.3. The number of aromatic nitrogens is 2. The number of rotatable bonds is 3. The number of carbonyl (C=O) groups excluding carboxylic acids is 2.